The predicted molar refractivity (Wildman–Crippen MR) is 100 cm³/mol. The van der Waals surface area contributed by atoms with Crippen molar-refractivity contribution in [2.24, 2.45) is 5.92 Å². The molecular weight excluding hydrogens is 366 g/mol. The lowest BCUT2D eigenvalue weighted by Gasteiger charge is -2.18. The van der Waals surface area contributed by atoms with Crippen LogP contribution in [0.5, 0.6) is 0 Å². The van der Waals surface area contributed by atoms with E-state index in [-0.39, 0.29) is 35.2 Å². The Kier molecular flexibility index (Phi) is 5.32. The third kappa shape index (κ3) is 3.73. The number of benzene rings is 2. The maximum absolute atomic E-state index is 13.0. The van der Waals surface area contributed by atoms with Gasteiger partial charge in [-0.25, -0.2) is 8.42 Å². The number of likely N-dealkylation sites (tertiary alicyclic amines) is 1. The minimum atomic E-state index is -3.56. The zero-order valence-electron chi connectivity index (χ0n) is 14.9. The maximum Gasteiger partial charge on any atom is 0.308 e. The highest BCUT2D eigenvalue weighted by Crippen LogP contribution is 2.34. The molecule has 0 saturated carbocycles. The van der Waals surface area contributed by atoms with E-state index in [4.69, 9.17) is 0 Å². The number of carboxylic acids is 1. The maximum atomic E-state index is 13.0. The highest BCUT2D eigenvalue weighted by atomic mass is 32.2. The van der Waals surface area contributed by atoms with E-state index in [1.165, 1.54) is 24.0 Å². The molecule has 0 radical (unpaired) electrons. The second-order valence-electron chi connectivity index (χ2n) is 6.57. The van der Waals surface area contributed by atoms with Gasteiger partial charge in [0.1, 0.15) is 0 Å². The Morgan fingerprint density at radius 1 is 1.04 bits per heavy atom. The summed E-state index contributed by atoms with van der Waals surface area (Å²) in [6.45, 7) is 1.81. The summed E-state index contributed by atoms with van der Waals surface area (Å²) >= 11 is 0. The monoisotopic (exact) mass is 387 g/mol. The van der Waals surface area contributed by atoms with Gasteiger partial charge >= 0.3 is 5.97 Å². The van der Waals surface area contributed by atoms with Crippen molar-refractivity contribution in [2.75, 3.05) is 18.8 Å². The molecule has 2 aromatic rings. The summed E-state index contributed by atoms with van der Waals surface area (Å²) in [5.41, 5.74) is 0.951. The molecule has 0 aromatic heterocycles. The Balaban J connectivity index is 1.94. The quantitative estimate of drug-likeness (QED) is 0.851. The largest absolute Gasteiger partial charge is 0.481 e. The molecule has 2 unspecified atom stereocenters. The van der Waals surface area contributed by atoms with Gasteiger partial charge in [0.25, 0.3) is 5.91 Å². The van der Waals surface area contributed by atoms with Crippen molar-refractivity contribution in [3.63, 3.8) is 0 Å². The Labute approximate surface area is 158 Å². The van der Waals surface area contributed by atoms with Crippen molar-refractivity contribution in [1.29, 1.82) is 0 Å². The standard InChI is InChI=1S/C20H21NO5S/c1-2-27(25,26)18-11-7-6-10-15(18)19(22)21-12-16(17(13-21)20(23)24)14-8-4-3-5-9-14/h3-11,16-17H,2,12-13H2,1H3,(H,23,24). The van der Waals surface area contributed by atoms with Crippen LogP contribution < -0.4 is 0 Å². The van der Waals surface area contributed by atoms with Crippen molar-refractivity contribution in [1.82, 2.24) is 4.90 Å². The molecule has 1 amide bonds. The Morgan fingerprint density at radius 3 is 2.30 bits per heavy atom. The predicted octanol–water partition coefficient (Wildman–Crippen LogP) is 2.42. The Bertz CT molecular complexity index is 955. The molecule has 0 spiro atoms. The minimum absolute atomic E-state index is 0.00691. The van der Waals surface area contributed by atoms with Gasteiger partial charge in [-0.05, 0) is 17.7 Å². The van der Waals surface area contributed by atoms with Crippen LogP contribution in [-0.4, -0.2) is 49.1 Å². The first-order chi connectivity index (χ1) is 12.8. The summed E-state index contributed by atoms with van der Waals surface area (Å²) < 4.78 is 24.7. The molecule has 0 bridgehead atoms. The van der Waals surface area contributed by atoms with Crippen molar-refractivity contribution in [3.05, 3.63) is 65.7 Å². The molecular formula is C20H21NO5S. The van der Waals surface area contributed by atoms with E-state index in [0.29, 0.717) is 0 Å². The van der Waals surface area contributed by atoms with Crippen molar-refractivity contribution < 1.29 is 23.1 Å². The minimum Gasteiger partial charge on any atom is -0.481 e. The molecule has 142 valence electrons. The molecule has 1 aliphatic heterocycles. The molecule has 1 heterocycles. The molecule has 1 aliphatic rings. The van der Waals surface area contributed by atoms with E-state index in [1.807, 2.05) is 30.3 Å². The number of carboxylic acid groups (broad SMARTS) is 1. The number of rotatable bonds is 5. The Hall–Kier alpha value is -2.67. The molecule has 1 N–H and O–H groups in total. The molecule has 27 heavy (non-hydrogen) atoms. The molecule has 1 fully saturated rings. The van der Waals surface area contributed by atoms with E-state index in [2.05, 4.69) is 0 Å². The molecule has 2 aromatic carbocycles. The normalized spacial score (nSPS) is 19.8. The highest BCUT2D eigenvalue weighted by molar-refractivity contribution is 7.91. The highest BCUT2D eigenvalue weighted by Gasteiger charge is 2.41. The third-order valence-electron chi connectivity index (χ3n) is 4.98. The number of nitrogens with zero attached hydrogens (tertiary/aromatic N) is 1. The van der Waals surface area contributed by atoms with Crippen molar-refractivity contribution in [2.45, 2.75) is 17.7 Å². The molecule has 2 atom stereocenters. The fourth-order valence-electron chi connectivity index (χ4n) is 3.50. The summed E-state index contributed by atoms with van der Waals surface area (Å²) in [6.07, 6.45) is 0. The molecule has 0 aliphatic carbocycles. The van der Waals surface area contributed by atoms with Crippen LogP contribution in [0, 0.1) is 5.92 Å². The van der Waals surface area contributed by atoms with Gasteiger partial charge in [0.2, 0.25) is 0 Å². The van der Waals surface area contributed by atoms with E-state index >= 15 is 0 Å². The van der Waals surface area contributed by atoms with E-state index < -0.39 is 27.6 Å². The lowest BCUT2D eigenvalue weighted by Crippen LogP contribution is -2.31. The second-order valence-corrected chi connectivity index (χ2v) is 8.82. The summed E-state index contributed by atoms with van der Waals surface area (Å²) in [4.78, 5) is 26.2. The third-order valence-corrected chi connectivity index (χ3v) is 6.77. The summed E-state index contributed by atoms with van der Waals surface area (Å²) in [5.74, 6) is -2.59. The van der Waals surface area contributed by atoms with Gasteiger partial charge in [-0.15, -0.1) is 0 Å². The van der Waals surface area contributed by atoms with Crippen LogP contribution in [0.25, 0.3) is 0 Å². The van der Waals surface area contributed by atoms with Crippen molar-refractivity contribution in [3.8, 4) is 0 Å². The van der Waals surface area contributed by atoms with Crippen LogP contribution in [0.1, 0.15) is 28.8 Å². The SMILES string of the molecule is CCS(=O)(=O)c1ccccc1C(=O)N1CC(C(=O)O)C(c2ccccc2)C1. The number of aliphatic carboxylic acids is 1. The summed E-state index contributed by atoms with van der Waals surface area (Å²) in [5, 5.41) is 9.60. The van der Waals surface area contributed by atoms with Gasteiger partial charge in [0.15, 0.2) is 9.84 Å². The first-order valence-corrected chi connectivity index (χ1v) is 10.4. The van der Waals surface area contributed by atoms with Gasteiger partial charge in [-0.3, -0.25) is 9.59 Å². The Morgan fingerprint density at radius 2 is 1.67 bits per heavy atom. The second kappa shape index (κ2) is 7.52. The molecule has 1 saturated heterocycles. The van der Waals surface area contributed by atoms with Gasteiger partial charge in [-0.2, -0.15) is 0 Å². The first-order valence-electron chi connectivity index (χ1n) is 8.74. The molecule has 3 rings (SSSR count). The number of amides is 1. The topological polar surface area (TPSA) is 91.8 Å². The number of sulfone groups is 1. The first kappa shape index (κ1) is 19.1. The number of carbonyl (C=O) groups excluding carboxylic acids is 1. The number of hydrogen-bond acceptors (Lipinski definition) is 4. The fourth-order valence-corrected chi connectivity index (χ4v) is 4.59. The molecule has 7 heteroatoms. The van der Waals surface area contributed by atoms with Crippen LogP contribution in [0.15, 0.2) is 59.5 Å². The smallest absolute Gasteiger partial charge is 0.308 e. The fraction of sp³-hybridized carbons (Fsp3) is 0.300. The van der Waals surface area contributed by atoms with Gasteiger partial charge < -0.3 is 10.0 Å². The van der Waals surface area contributed by atoms with E-state index in [1.54, 1.807) is 12.1 Å². The van der Waals surface area contributed by atoms with Crippen LogP contribution in [-0.2, 0) is 14.6 Å². The van der Waals surface area contributed by atoms with Crippen molar-refractivity contribution >= 4 is 21.7 Å². The van der Waals surface area contributed by atoms with Crippen LogP contribution in [0.4, 0.5) is 0 Å². The lowest BCUT2D eigenvalue weighted by atomic mass is 9.89. The number of carbonyl (C=O) groups is 2. The zero-order chi connectivity index (χ0) is 19.6. The lowest BCUT2D eigenvalue weighted by molar-refractivity contribution is -0.141. The van der Waals surface area contributed by atoms with E-state index in [9.17, 15) is 23.1 Å². The van der Waals surface area contributed by atoms with Gasteiger partial charge in [0, 0.05) is 19.0 Å². The molecule has 6 nitrogen and oxygen atoms in total. The average molecular weight is 387 g/mol. The van der Waals surface area contributed by atoms with Gasteiger partial charge in [-0.1, -0.05) is 49.4 Å². The van der Waals surface area contributed by atoms with Crippen LogP contribution >= 0.6 is 0 Å². The van der Waals surface area contributed by atoms with Crippen LogP contribution in [0.2, 0.25) is 0 Å². The zero-order valence-corrected chi connectivity index (χ0v) is 15.7. The number of hydrogen-bond donors (Lipinski definition) is 1. The summed E-state index contributed by atoms with van der Waals surface area (Å²) in [7, 11) is -3.56. The summed E-state index contributed by atoms with van der Waals surface area (Å²) in [6, 6.07) is 15.3. The van der Waals surface area contributed by atoms with Crippen LogP contribution in [0.3, 0.4) is 0 Å². The van der Waals surface area contributed by atoms with E-state index in [0.717, 1.165) is 5.56 Å². The van der Waals surface area contributed by atoms with Gasteiger partial charge in [0.05, 0.1) is 22.1 Å². The average Bonchev–Trinajstić information content (AvgIpc) is 3.14.